The summed E-state index contributed by atoms with van der Waals surface area (Å²) in [5.41, 5.74) is 0. The van der Waals surface area contributed by atoms with Gasteiger partial charge < -0.3 is 0 Å². The van der Waals surface area contributed by atoms with Crippen LogP contribution in [0.15, 0.2) is 0 Å². The summed E-state index contributed by atoms with van der Waals surface area (Å²) in [6.45, 7) is 3.08. The van der Waals surface area contributed by atoms with Gasteiger partial charge in [-0.1, -0.05) is 90.4 Å². The molecule has 1 atom stereocenters. The van der Waals surface area contributed by atoms with Crippen LogP contribution in [0.2, 0.25) is 0 Å². The number of unbranched alkanes of at least 4 members (excludes halogenated alkanes) is 12. The van der Waals surface area contributed by atoms with E-state index < -0.39 is 0 Å². The van der Waals surface area contributed by atoms with Crippen molar-refractivity contribution in [1.82, 2.24) is 0 Å². The van der Waals surface area contributed by atoms with Crippen LogP contribution in [0.4, 0.5) is 0 Å². The van der Waals surface area contributed by atoms with Crippen LogP contribution in [-0.2, 0) is 9.78 Å². The van der Waals surface area contributed by atoms with Crippen LogP contribution in [0.3, 0.4) is 0 Å². The average molecular weight is 284 g/mol. The summed E-state index contributed by atoms with van der Waals surface area (Å²) in [4.78, 5) is 10.1. The lowest BCUT2D eigenvalue weighted by Gasteiger charge is -2.06. The Morgan fingerprint density at radius 2 is 1.20 bits per heavy atom. The second-order valence-corrected chi connectivity index (χ2v) is 6.36. The highest BCUT2D eigenvalue weighted by Crippen LogP contribution is 2.17. The normalized spacial score (nSPS) is 18.8. The van der Waals surface area contributed by atoms with Gasteiger partial charge in [-0.2, -0.15) is 0 Å². The van der Waals surface area contributed by atoms with Crippen molar-refractivity contribution in [3.05, 3.63) is 0 Å². The maximum atomic E-state index is 5.16. The topological polar surface area (TPSA) is 18.5 Å². The standard InChI is InChI=1S/C18H36O2/c1-2-3-4-5-6-7-8-9-10-11-12-13-14-15-18-16-17-19-20-18/h18H,2-17H2,1H3. The lowest BCUT2D eigenvalue weighted by Crippen LogP contribution is -2.03. The van der Waals surface area contributed by atoms with Gasteiger partial charge in [0, 0.05) is 6.42 Å². The molecule has 0 radical (unpaired) electrons. The zero-order valence-corrected chi connectivity index (χ0v) is 13.7. The van der Waals surface area contributed by atoms with Gasteiger partial charge >= 0.3 is 0 Å². The Hall–Kier alpha value is -0.0800. The molecule has 2 nitrogen and oxygen atoms in total. The van der Waals surface area contributed by atoms with E-state index in [4.69, 9.17) is 9.78 Å². The van der Waals surface area contributed by atoms with Crippen LogP contribution in [0.5, 0.6) is 0 Å². The molecule has 0 saturated carbocycles. The smallest absolute Gasteiger partial charge is 0.0953 e. The van der Waals surface area contributed by atoms with Crippen LogP contribution in [0.25, 0.3) is 0 Å². The van der Waals surface area contributed by atoms with Crippen LogP contribution in [0, 0.1) is 0 Å². The molecule has 0 N–H and O–H groups in total. The van der Waals surface area contributed by atoms with Gasteiger partial charge in [0.2, 0.25) is 0 Å². The van der Waals surface area contributed by atoms with Gasteiger partial charge in [0.1, 0.15) is 0 Å². The first kappa shape index (κ1) is 18.0. The van der Waals surface area contributed by atoms with E-state index in [1.807, 2.05) is 0 Å². The van der Waals surface area contributed by atoms with Gasteiger partial charge in [-0.05, 0) is 6.42 Å². The van der Waals surface area contributed by atoms with Crippen LogP contribution in [0.1, 0.15) is 103 Å². The number of hydrogen-bond donors (Lipinski definition) is 0. The first-order chi connectivity index (χ1) is 9.93. The first-order valence-corrected chi connectivity index (χ1v) is 9.21. The monoisotopic (exact) mass is 284 g/mol. The maximum Gasteiger partial charge on any atom is 0.0953 e. The van der Waals surface area contributed by atoms with Gasteiger partial charge in [0.15, 0.2) is 0 Å². The third-order valence-electron chi connectivity index (χ3n) is 4.36. The van der Waals surface area contributed by atoms with E-state index in [-0.39, 0.29) is 0 Å². The second-order valence-electron chi connectivity index (χ2n) is 6.36. The van der Waals surface area contributed by atoms with E-state index in [2.05, 4.69) is 6.92 Å². The van der Waals surface area contributed by atoms with Crippen molar-refractivity contribution >= 4 is 0 Å². The molecular weight excluding hydrogens is 248 g/mol. The molecule has 0 aromatic carbocycles. The lowest BCUT2D eigenvalue weighted by molar-refractivity contribution is -0.275. The summed E-state index contributed by atoms with van der Waals surface area (Å²) >= 11 is 0. The van der Waals surface area contributed by atoms with Gasteiger partial charge in [0.25, 0.3) is 0 Å². The molecule has 0 amide bonds. The van der Waals surface area contributed by atoms with E-state index in [0.29, 0.717) is 6.10 Å². The largest absolute Gasteiger partial charge is 0.236 e. The Labute approximate surface area is 126 Å². The molecule has 1 heterocycles. The fourth-order valence-electron chi connectivity index (χ4n) is 2.95. The van der Waals surface area contributed by atoms with Crippen molar-refractivity contribution in [2.24, 2.45) is 0 Å². The summed E-state index contributed by atoms with van der Waals surface area (Å²) < 4.78 is 0. The molecule has 0 spiro atoms. The summed E-state index contributed by atoms with van der Waals surface area (Å²) in [5, 5.41) is 0. The second kappa shape index (κ2) is 13.9. The van der Waals surface area contributed by atoms with E-state index in [1.54, 1.807) is 0 Å². The molecule has 1 rings (SSSR count). The van der Waals surface area contributed by atoms with Crippen molar-refractivity contribution in [2.45, 2.75) is 109 Å². The highest BCUT2D eigenvalue weighted by atomic mass is 17.2. The highest BCUT2D eigenvalue weighted by molar-refractivity contribution is 4.59. The van der Waals surface area contributed by atoms with Gasteiger partial charge in [-0.3, -0.25) is 0 Å². The predicted molar refractivity (Wildman–Crippen MR) is 85.8 cm³/mol. The lowest BCUT2D eigenvalue weighted by atomic mass is 10.0. The molecule has 0 aliphatic carbocycles. The molecule has 120 valence electrons. The van der Waals surface area contributed by atoms with Gasteiger partial charge in [0.05, 0.1) is 12.7 Å². The fraction of sp³-hybridized carbons (Fsp3) is 1.00. The number of rotatable bonds is 14. The minimum Gasteiger partial charge on any atom is -0.236 e. The van der Waals surface area contributed by atoms with Crippen molar-refractivity contribution in [3.63, 3.8) is 0 Å². The van der Waals surface area contributed by atoms with Gasteiger partial charge in [-0.25, -0.2) is 9.78 Å². The minimum absolute atomic E-state index is 0.391. The molecule has 0 aromatic heterocycles. The zero-order chi connectivity index (χ0) is 14.3. The Bertz CT molecular complexity index is 188. The van der Waals surface area contributed by atoms with Crippen LogP contribution >= 0.6 is 0 Å². The van der Waals surface area contributed by atoms with Crippen LogP contribution < -0.4 is 0 Å². The van der Waals surface area contributed by atoms with E-state index >= 15 is 0 Å². The Morgan fingerprint density at radius 3 is 1.65 bits per heavy atom. The van der Waals surface area contributed by atoms with Crippen molar-refractivity contribution < 1.29 is 9.78 Å². The van der Waals surface area contributed by atoms with Gasteiger partial charge in [-0.15, -0.1) is 0 Å². The summed E-state index contributed by atoms with van der Waals surface area (Å²) in [6, 6.07) is 0. The van der Waals surface area contributed by atoms with E-state index in [9.17, 15) is 0 Å². The van der Waals surface area contributed by atoms with Crippen molar-refractivity contribution in [3.8, 4) is 0 Å². The summed E-state index contributed by atoms with van der Waals surface area (Å²) in [5.74, 6) is 0. The first-order valence-electron chi connectivity index (χ1n) is 9.21. The third kappa shape index (κ3) is 10.7. The predicted octanol–water partition coefficient (Wildman–Crippen LogP) is 6.19. The molecule has 1 unspecified atom stereocenters. The molecular formula is C18H36O2. The molecule has 1 aliphatic heterocycles. The summed E-state index contributed by atoms with van der Waals surface area (Å²) in [6.07, 6.45) is 21.2. The maximum absolute atomic E-state index is 5.16. The Kier molecular flexibility index (Phi) is 12.5. The Morgan fingerprint density at radius 1 is 0.700 bits per heavy atom. The fourth-order valence-corrected chi connectivity index (χ4v) is 2.95. The summed E-state index contributed by atoms with van der Waals surface area (Å²) in [7, 11) is 0. The Balaban J connectivity index is 1.66. The van der Waals surface area contributed by atoms with Crippen LogP contribution in [-0.4, -0.2) is 12.7 Å². The minimum atomic E-state index is 0.391. The number of hydrogen-bond acceptors (Lipinski definition) is 2. The van der Waals surface area contributed by atoms with E-state index in [0.717, 1.165) is 13.0 Å². The molecule has 1 aliphatic rings. The third-order valence-corrected chi connectivity index (χ3v) is 4.36. The molecule has 0 aromatic rings. The quantitative estimate of drug-likeness (QED) is 0.280. The molecule has 20 heavy (non-hydrogen) atoms. The SMILES string of the molecule is CCCCCCCCCCCCCCCC1CCOO1. The van der Waals surface area contributed by atoms with E-state index in [1.165, 1.54) is 89.9 Å². The molecule has 1 saturated heterocycles. The zero-order valence-electron chi connectivity index (χ0n) is 13.7. The molecule has 2 heteroatoms. The van der Waals surface area contributed by atoms with Crippen molar-refractivity contribution in [1.29, 1.82) is 0 Å². The van der Waals surface area contributed by atoms with Crippen molar-refractivity contribution in [2.75, 3.05) is 6.61 Å². The molecule has 1 fully saturated rings. The molecule has 0 bridgehead atoms. The average Bonchev–Trinajstić information content (AvgIpc) is 2.97. The highest BCUT2D eigenvalue weighted by Gasteiger charge is 2.15.